The number of aryl methyl sites for hydroxylation is 1. The van der Waals surface area contributed by atoms with Crippen LogP contribution in [-0.4, -0.2) is 24.0 Å². The predicted molar refractivity (Wildman–Crippen MR) is 95.2 cm³/mol. The van der Waals surface area contributed by atoms with E-state index >= 15 is 0 Å². The number of anilines is 1. The van der Waals surface area contributed by atoms with Gasteiger partial charge in [0.2, 0.25) is 0 Å². The van der Waals surface area contributed by atoms with Gasteiger partial charge in [0.1, 0.15) is 0 Å². The van der Waals surface area contributed by atoms with Crippen molar-refractivity contribution in [1.29, 1.82) is 0 Å². The molecule has 3 nitrogen and oxygen atoms in total. The zero-order chi connectivity index (χ0) is 18.7. The first-order valence-corrected chi connectivity index (χ1v) is 8.63. The molecule has 1 fully saturated rings. The van der Waals surface area contributed by atoms with Gasteiger partial charge in [-0.2, -0.15) is 13.2 Å². The SMILES string of the molecule is Cc1ccc(C2CCN(C(=O)Nc3cccc(C(F)(F)F)c3)CC2)cc1. The number of alkyl halides is 3. The van der Waals surface area contributed by atoms with E-state index in [0.717, 1.165) is 25.0 Å². The predicted octanol–water partition coefficient (Wildman–Crippen LogP) is 5.43. The molecule has 1 heterocycles. The van der Waals surface area contributed by atoms with Crippen molar-refractivity contribution in [2.45, 2.75) is 31.9 Å². The van der Waals surface area contributed by atoms with Gasteiger partial charge in [-0.1, -0.05) is 35.9 Å². The Morgan fingerprint density at radius 1 is 1.08 bits per heavy atom. The molecule has 1 aliphatic heterocycles. The number of halogens is 3. The maximum Gasteiger partial charge on any atom is 0.416 e. The molecular formula is C20H21F3N2O. The normalized spacial score (nSPS) is 15.8. The number of nitrogens with one attached hydrogen (secondary N) is 1. The summed E-state index contributed by atoms with van der Waals surface area (Å²) in [5.74, 6) is 0.410. The Bertz CT molecular complexity index is 763. The van der Waals surface area contributed by atoms with Gasteiger partial charge in [-0.05, 0) is 49.4 Å². The minimum absolute atomic E-state index is 0.158. The molecule has 138 valence electrons. The maximum atomic E-state index is 12.8. The smallest absolute Gasteiger partial charge is 0.324 e. The van der Waals surface area contributed by atoms with Crippen LogP contribution in [0.5, 0.6) is 0 Å². The molecule has 26 heavy (non-hydrogen) atoms. The lowest BCUT2D eigenvalue weighted by Gasteiger charge is -2.32. The van der Waals surface area contributed by atoms with Gasteiger partial charge < -0.3 is 10.2 Å². The molecule has 0 radical (unpaired) electrons. The van der Waals surface area contributed by atoms with Crippen molar-refractivity contribution in [3.63, 3.8) is 0 Å². The summed E-state index contributed by atoms with van der Waals surface area (Å²) < 4.78 is 38.3. The highest BCUT2D eigenvalue weighted by molar-refractivity contribution is 5.89. The first-order valence-electron chi connectivity index (χ1n) is 8.63. The van der Waals surface area contributed by atoms with Crippen molar-refractivity contribution in [2.75, 3.05) is 18.4 Å². The molecule has 0 unspecified atom stereocenters. The number of piperidine rings is 1. The van der Waals surface area contributed by atoms with Crippen LogP contribution < -0.4 is 5.32 Å². The fourth-order valence-corrected chi connectivity index (χ4v) is 3.23. The van der Waals surface area contributed by atoms with Crippen LogP contribution >= 0.6 is 0 Å². The lowest BCUT2D eigenvalue weighted by Crippen LogP contribution is -2.40. The molecule has 0 atom stereocenters. The standard InChI is InChI=1S/C20H21F3N2O/c1-14-5-7-15(8-6-14)16-9-11-25(12-10-16)19(26)24-18-4-2-3-17(13-18)20(21,22)23/h2-8,13,16H,9-12H2,1H3,(H,24,26). The number of likely N-dealkylation sites (tertiary alicyclic amines) is 1. The molecule has 2 amide bonds. The highest BCUT2D eigenvalue weighted by Crippen LogP contribution is 2.31. The van der Waals surface area contributed by atoms with E-state index < -0.39 is 11.7 Å². The Morgan fingerprint density at radius 2 is 1.73 bits per heavy atom. The van der Waals surface area contributed by atoms with Gasteiger partial charge in [-0.15, -0.1) is 0 Å². The molecular weight excluding hydrogens is 341 g/mol. The number of benzene rings is 2. The van der Waals surface area contributed by atoms with E-state index in [4.69, 9.17) is 0 Å². The summed E-state index contributed by atoms with van der Waals surface area (Å²) in [5, 5.41) is 2.57. The van der Waals surface area contributed by atoms with E-state index in [1.54, 1.807) is 4.90 Å². The second kappa shape index (κ2) is 7.40. The van der Waals surface area contributed by atoms with Gasteiger partial charge in [0.15, 0.2) is 0 Å². The van der Waals surface area contributed by atoms with Crippen LogP contribution in [0.2, 0.25) is 0 Å². The Balaban J connectivity index is 1.58. The Labute approximate surface area is 150 Å². The minimum atomic E-state index is -4.42. The van der Waals surface area contributed by atoms with Crippen molar-refractivity contribution < 1.29 is 18.0 Å². The molecule has 6 heteroatoms. The van der Waals surface area contributed by atoms with Crippen LogP contribution in [0.1, 0.15) is 35.4 Å². The third-order valence-corrected chi connectivity index (χ3v) is 4.77. The van der Waals surface area contributed by atoms with Gasteiger partial charge in [0.05, 0.1) is 5.56 Å². The van der Waals surface area contributed by atoms with Crippen LogP contribution in [0.25, 0.3) is 0 Å². The number of nitrogens with zero attached hydrogens (tertiary/aromatic N) is 1. The molecule has 1 N–H and O–H groups in total. The van der Waals surface area contributed by atoms with Crippen molar-refractivity contribution >= 4 is 11.7 Å². The van der Waals surface area contributed by atoms with Gasteiger partial charge in [-0.3, -0.25) is 0 Å². The summed E-state index contributed by atoms with van der Waals surface area (Å²) in [4.78, 5) is 14.0. The van der Waals surface area contributed by atoms with Gasteiger partial charge in [0.25, 0.3) is 0 Å². The largest absolute Gasteiger partial charge is 0.416 e. The summed E-state index contributed by atoms with van der Waals surface area (Å²) in [7, 11) is 0. The number of urea groups is 1. The van der Waals surface area contributed by atoms with Crippen molar-refractivity contribution in [2.24, 2.45) is 0 Å². The summed E-state index contributed by atoms with van der Waals surface area (Å²) in [5.41, 5.74) is 1.87. The fourth-order valence-electron chi connectivity index (χ4n) is 3.23. The minimum Gasteiger partial charge on any atom is -0.324 e. The Hall–Kier alpha value is -2.50. The average molecular weight is 362 g/mol. The summed E-state index contributed by atoms with van der Waals surface area (Å²) in [6.07, 6.45) is -2.73. The van der Waals surface area contributed by atoms with Crippen LogP contribution in [0.15, 0.2) is 48.5 Å². The van der Waals surface area contributed by atoms with E-state index in [1.807, 2.05) is 6.92 Å². The van der Waals surface area contributed by atoms with Crippen molar-refractivity contribution in [1.82, 2.24) is 4.90 Å². The molecule has 0 saturated carbocycles. The average Bonchev–Trinajstić information content (AvgIpc) is 2.62. The molecule has 2 aromatic rings. The van der Waals surface area contributed by atoms with E-state index in [2.05, 4.69) is 29.6 Å². The Kier molecular flexibility index (Phi) is 5.20. The molecule has 0 spiro atoms. The van der Waals surface area contributed by atoms with Crippen molar-refractivity contribution in [3.05, 3.63) is 65.2 Å². The van der Waals surface area contributed by atoms with Crippen LogP contribution in [0, 0.1) is 6.92 Å². The fraction of sp³-hybridized carbons (Fsp3) is 0.350. The lowest BCUT2D eigenvalue weighted by molar-refractivity contribution is -0.137. The van der Waals surface area contributed by atoms with Crippen LogP contribution in [-0.2, 0) is 6.18 Å². The number of hydrogen-bond acceptors (Lipinski definition) is 1. The Morgan fingerprint density at radius 3 is 2.35 bits per heavy atom. The van der Waals surface area contributed by atoms with E-state index in [1.165, 1.54) is 23.3 Å². The number of hydrogen-bond donors (Lipinski definition) is 1. The van der Waals surface area contributed by atoms with Gasteiger partial charge in [0, 0.05) is 18.8 Å². The molecule has 2 aromatic carbocycles. The second-order valence-corrected chi connectivity index (χ2v) is 6.68. The monoisotopic (exact) mass is 362 g/mol. The van der Waals surface area contributed by atoms with Crippen LogP contribution in [0.4, 0.5) is 23.7 Å². The molecule has 0 aromatic heterocycles. The van der Waals surface area contributed by atoms with Crippen LogP contribution in [0.3, 0.4) is 0 Å². The van der Waals surface area contributed by atoms with Crippen molar-refractivity contribution in [3.8, 4) is 0 Å². The highest BCUT2D eigenvalue weighted by Gasteiger charge is 2.31. The second-order valence-electron chi connectivity index (χ2n) is 6.68. The summed E-state index contributed by atoms with van der Waals surface area (Å²) in [6, 6.07) is 12.8. The molecule has 0 bridgehead atoms. The topological polar surface area (TPSA) is 32.3 Å². The quantitative estimate of drug-likeness (QED) is 0.759. The molecule has 0 aliphatic carbocycles. The lowest BCUT2D eigenvalue weighted by atomic mass is 9.89. The third-order valence-electron chi connectivity index (χ3n) is 4.77. The van der Waals surface area contributed by atoms with E-state index in [-0.39, 0.29) is 11.7 Å². The van der Waals surface area contributed by atoms with Gasteiger partial charge >= 0.3 is 12.2 Å². The van der Waals surface area contributed by atoms with Gasteiger partial charge in [-0.25, -0.2) is 4.79 Å². The van der Waals surface area contributed by atoms with E-state index in [9.17, 15) is 18.0 Å². The first kappa shape index (κ1) is 18.3. The molecule has 1 aliphatic rings. The number of carbonyl (C=O) groups excluding carboxylic acids is 1. The first-order chi connectivity index (χ1) is 12.3. The summed E-state index contributed by atoms with van der Waals surface area (Å²) in [6.45, 7) is 3.22. The highest BCUT2D eigenvalue weighted by atomic mass is 19.4. The maximum absolute atomic E-state index is 12.8. The number of amides is 2. The number of rotatable bonds is 2. The number of carbonyl (C=O) groups is 1. The third kappa shape index (κ3) is 4.36. The summed E-state index contributed by atoms with van der Waals surface area (Å²) >= 11 is 0. The molecule has 1 saturated heterocycles. The zero-order valence-corrected chi connectivity index (χ0v) is 14.5. The van der Waals surface area contributed by atoms with E-state index in [0.29, 0.717) is 19.0 Å². The molecule has 3 rings (SSSR count). The zero-order valence-electron chi connectivity index (χ0n) is 14.5.